The zero-order chi connectivity index (χ0) is 27.8. The molecule has 39 heavy (non-hydrogen) atoms. The fourth-order valence-electron chi connectivity index (χ4n) is 5.38. The summed E-state index contributed by atoms with van der Waals surface area (Å²) in [6.07, 6.45) is 6.02. The number of allylic oxidation sites excluding steroid dienone is 2. The number of ether oxygens (including phenoxy) is 2. The number of aliphatic carboxylic acids is 1. The van der Waals surface area contributed by atoms with Gasteiger partial charge in [-0.05, 0) is 36.5 Å². The number of rotatable bonds is 11. The van der Waals surface area contributed by atoms with Crippen molar-refractivity contribution in [2.45, 2.75) is 63.8 Å². The normalized spacial score (nSPS) is 19.3. The van der Waals surface area contributed by atoms with Gasteiger partial charge in [0.05, 0.1) is 7.11 Å². The Morgan fingerprint density at radius 1 is 1.10 bits per heavy atom. The van der Waals surface area contributed by atoms with Gasteiger partial charge in [-0.2, -0.15) is 0 Å². The largest absolute Gasteiger partial charge is 0.498 e. The van der Waals surface area contributed by atoms with Gasteiger partial charge in [0.1, 0.15) is 24.4 Å². The second kappa shape index (κ2) is 13.3. The van der Waals surface area contributed by atoms with Gasteiger partial charge in [-0.25, -0.2) is 4.79 Å². The number of carbonyl (C=O) groups is 2. The van der Waals surface area contributed by atoms with Crippen molar-refractivity contribution in [3.05, 3.63) is 107 Å². The average Bonchev–Trinajstić information content (AvgIpc) is 3.49. The maximum Gasteiger partial charge on any atom is 0.326 e. The van der Waals surface area contributed by atoms with Crippen molar-refractivity contribution in [2.75, 3.05) is 13.7 Å². The molecule has 2 aromatic rings. The van der Waals surface area contributed by atoms with E-state index in [0.29, 0.717) is 23.7 Å². The van der Waals surface area contributed by atoms with Crippen LogP contribution in [0.15, 0.2) is 96.0 Å². The SMILES string of the molecule is C=CC1=C(/C(OCc2ccccc2)=C(\C)OC)C[C@H](C(=O)O)N(C(=O)[C@H](NC2CCCC2)c2ccccc2)C1. The zero-order valence-corrected chi connectivity index (χ0v) is 22.8. The van der Waals surface area contributed by atoms with Crippen LogP contribution in [0, 0.1) is 0 Å². The number of hydrogen-bond donors (Lipinski definition) is 2. The van der Waals surface area contributed by atoms with Crippen LogP contribution in [0.25, 0.3) is 0 Å². The minimum Gasteiger partial charge on any atom is -0.498 e. The topological polar surface area (TPSA) is 88.1 Å². The van der Waals surface area contributed by atoms with E-state index in [9.17, 15) is 14.7 Å². The van der Waals surface area contributed by atoms with Crippen molar-refractivity contribution in [2.24, 2.45) is 0 Å². The van der Waals surface area contributed by atoms with Gasteiger partial charge in [0.25, 0.3) is 0 Å². The zero-order valence-electron chi connectivity index (χ0n) is 22.8. The molecule has 2 N–H and O–H groups in total. The molecule has 7 heteroatoms. The lowest BCUT2D eigenvalue weighted by Crippen LogP contribution is -2.53. The summed E-state index contributed by atoms with van der Waals surface area (Å²) in [5, 5.41) is 13.8. The van der Waals surface area contributed by atoms with Gasteiger partial charge in [0.15, 0.2) is 5.76 Å². The van der Waals surface area contributed by atoms with E-state index in [1.165, 1.54) is 4.90 Å². The molecule has 1 aliphatic heterocycles. The standard InChI is InChI=1S/C32H38N2O5/c1-4-24-20-34(31(35)29(25-15-9-6-10-16-25)33-26-17-11-12-18-26)28(32(36)37)19-27(24)30(22(2)38-3)39-21-23-13-7-5-8-14-23/h4-10,13-16,26,28-29,33H,1,11-12,17-21H2,2-3H3,(H,36,37)/b30-22-/t28-,29-/m1/s1. The summed E-state index contributed by atoms with van der Waals surface area (Å²) in [6.45, 7) is 6.19. The molecule has 1 fully saturated rings. The summed E-state index contributed by atoms with van der Waals surface area (Å²) < 4.78 is 11.8. The molecule has 2 aromatic carbocycles. The first-order valence-corrected chi connectivity index (χ1v) is 13.5. The Bertz CT molecular complexity index is 1220. The van der Waals surface area contributed by atoms with Crippen molar-refractivity contribution >= 4 is 11.9 Å². The molecule has 0 unspecified atom stereocenters. The molecule has 7 nitrogen and oxygen atoms in total. The summed E-state index contributed by atoms with van der Waals surface area (Å²) in [5.74, 6) is -0.292. The van der Waals surface area contributed by atoms with E-state index in [0.717, 1.165) is 42.4 Å². The van der Waals surface area contributed by atoms with Crippen LogP contribution in [0.4, 0.5) is 0 Å². The van der Waals surface area contributed by atoms with Gasteiger partial charge in [-0.15, -0.1) is 0 Å². The number of benzene rings is 2. The van der Waals surface area contributed by atoms with Crippen LogP contribution in [0.3, 0.4) is 0 Å². The first kappa shape index (κ1) is 28.2. The molecule has 2 aliphatic rings. The molecule has 206 valence electrons. The van der Waals surface area contributed by atoms with Gasteiger partial charge in [0, 0.05) is 24.6 Å². The molecule has 1 aliphatic carbocycles. The van der Waals surface area contributed by atoms with Crippen LogP contribution >= 0.6 is 0 Å². The van der Waals surface area contributed by atoms with E-state index in [1.807, 2.05) is 60.7 Å². The molecule has 1 heterocycles. The Morgan fingerprint density at radius 2 is 1.74 bits per heavy atom. The summed E-state index contributed by atoms with van der Waals surface area (Å²) in [6, 6.07) is 17.8. The van der Waals surface area contributed by atoms with E-state index in [-0.39, 0.29) is 24.9 Å². The lowest BCUT2D eigenvalue weighted by atomic mass is 9.90. The maximum absolute atomic E-state index is 14.1. The third kappa shape index (κ3) is 6.79. The summed E-state index contributed by atoms with van der Waals surface area (Å²) >= 11 is 0. The third-order valence-corrected chi connectivity index (χ3v) is 7.58. The smallest absolute Gasteiger partial charge is 0.326 e. The number of carboxylic acids is 1. The van der Waals surface area contributed by atoms with Gasteiger partial charge in [-0.1, -0.05) is 86.2 Å². The van der Waals surface area contributed by atoms with Crippen LogP contribution in [0.2, 0.25) is 0 Å². The third-order valence-electron chi connectivity index (χ3n) is 7.58. The molecule has 0 aromatic heterocycles. The molecular formula is C32H38N2O5. The first-order valence-electron chi connectivity index (χ1n) is 13.5. The number of nitrogens with zero attached hydrogens (tertiary/aromatic N) is 1. The predicted octanol–water partition coefficient (Wildman–Crippen LogP) is 5.52. The second-order valence-electron chi connectivity index (χ2n) is 10.1. The number of nitrogens with one attached hydrogen (secondary N) is 1. The molecule has 0 radical (unpaired) electrons. The van der Waals surface area contributed by atoms with Crippen molar-refractivity contribution in [1.29, 1.82) is 0 Å². The molecule has 0 bridgehead atoms. The Morgan fingerprint density at radius 3 is 2.33 bits per heavy atom. The number of methoxy groups -OCH3 is 1. The van der Waals surface area contributed by atoms with Gasteiger partial charge >= 0.3 is 5.97 Å². The number of amides is 1. The van der Waals surface area contributed by atoms with Crippen molar-refractivity contribution in [3.8, 4) is 0 Å². The molecule has 1 amide bonds. The monoisotopic (exact) mass is 530 g/mol. The molecule has 0 spiro atoms. The van der Waals surface area contributed by atoms with E-state index >= 15 is 0 Å². The fourth-order valence-corrected chi connectivity index (χ4v) is 5.38. The van der Waals surface area contributed by atoms with Crippen molar-refractivity contribution < 1.29 is 24.2 Å². The number of carboxylic acid groups (broad SMARTS) is 1. The van der Waals surface area contributed by atoms with Gasteiger partial charge in [-0.3, -0.25) is 10.1 Å². The molecule has 0 saturated heterocycles. The fraction of sp³-hybridized carbons (Fsp3) is 0.375. The average molecular weight is 531 g/mol. The Balaban J connectivity index is 1.67. The molecule has 1 saturated carbocycles. The molecular weight excluding hydrogens is 492 g/mol. The number of hydrogen-bond acceptors (Lipinski definition) is 5. The highest BCUT2D eigenvalue weighted by molar-refractivity contribution is 5.89. The summed E-state index contributed by atoms with van der Waals surface area (Å²) in [4.78, 5) is 28.2. The van der Waals surface area contributed by atoms with E-state index in [2.05, 4.69) is 11.9 Å². The lowest BCUT2D eigenvalue weighted by molar-refractivity contribution is -0.151. The first-order chi connectivity index (χ1) is 18.9. The predicted molar refractivity (Wildman–Crippen MR) is 150 cm³/mol. The Kier molecular flexibility index (Phi) is 9.60. The van der Waals surface area contributed by atoms with Crippen LogP contribution in [0.5, 0.6) is 0 Å². The van der Waals surface area contributed by atoms with Gasteiger partial charge in [0.2, 0.25) is 5.91 Å². The van der Waals surface area contributed by atoms with E-state index in [4.69, 9.17) is 9.47 Å². The van der Waals surface area contributed by atoms with Crippen LogP contribution < -0.4 is 5.32 Å². The van der Waals surface area contributed by atoms with E-state index in [1.54, 1.807) is 20.1 Å². The maximum atomic E-state index is 14.1. The minimum absolute atomic E-state index is 0.0815. The Labute approximate surface area is 230 Å². The van der Waals surface area contributed by atoms with Crippen molar-refractivity contribution in [3.63, 3.8) is 0 Å². The highest BCUT2D eigenvalue weighted by Gasteiger charge is 2.40. The van der Waals surface area contributed by atoms with Crippen LogP contribution in [-0.2, 0) is 25.7 Å². The number of carbonyl (C=O) groups excluding carboxylic acids is 1. The molecule has 4 rings (SSSR count). The van der Waals surface area contributed by atoms with Gasteiger partial charge < -0.3 is 19.5 Å². The van der Waals surface area contributed by atoms with Crippen LogP contribution in [0.1, 0.15) is 56.2 Å². The van der Waals surface area contributed by atoms with E-state index < -0.39 is 18.1 Å². The highest BCUT2D eigenvalue weighted by atomic mass is 16.5. The quantitative estimate of drug-likeness (QED) is 0.372. The minimum atomic E-state index is -1.06. The summed E-state index contributed by atoms with van der Waals surface area (Å²) in [7, 11) is 1.56. The van der Waals surface area contributed by atoms with Crippen molar-refractivity contribution in [1.82, 2.24) is 10.2 Å². The molecule has 2 atom stereocenters. The lowest BCUT2D eigenvalue weighted by Gasteiger charge is -2.38. The second-order valence-corrected chi connectivity index (χ2v) is 10.1. The highest BCUT2D eigenvalue weighted by Crippen LogP contribution is 2.34. The summed E-state index contributed by atoms with van der Waals surface area (Å²) in [5.41, 5.74) is 3.24. The Hall–Kier alpha value is -3.84. The van der Waals surface area contributed by atoms with Crippen LogP contribution in [-0.4, -0.2) is 47.6 Å².